The van der Waals surface area contributed by atoms with Crippen LogP contribution in [0.2, 0.25) is 0 Å². The van der Waals surface area contributed by atoms with Crippen molar-refractivity contribution in [3.05, 3.63) is 28.5 Å². The Labute approximate surface area is 118 Å². The van der Waals surface area contributed by atoms with Crippen molar-refractivity contribution in [2.45, 2.75) is 25.4 Å². The Hall–Kier alpha value is -0.160. The zero-order valence-corrected chi connectivity index (χ0v) is 12.4. The molecule has 2 rings (SSSR count). The lowest BCUT2D eigenvalue weighted by Gasteiger charge is -2.31. The molecule has 0 saturated carbocycles. The molecule has 96 valence electrons. The maximum absolute atomic E-state index is 4.15. The molecule has 5 heteroatoms. The van der Waals surface area contributed by atoms with Gasteiger partial charge in [-0.25, -0.2) is 4.98 Å². The Balaban J connectivity index is 0.00000144. The second-order valence-electron chi connectivity index (χ2n) is 4.40. The van der Waals surface area contributed by atoms with Gasteiger partial charge in [0.2, 0.25) is 0 Å². The second kappa shape index (κ2) is 7.31. The van der Waals surface area contributed by atoms with Gasteiger partial charge in [-0.1, -0.05) is 0 Å². The van der Waals surface area contributed by atoms with E-state index in [1.54, 1.807) is 0 Å². The van der Waals surface area contributed by atoms with Gasteiger partial charge in [0.1, 0.15) is 4.60 Å². The Morgan fingerprint density at radius 1 is 1.59 bits per heavy atom. The number of likely N-dealkylation sites (N-methyl/N-ethyl adjacent to an activating group) is 1. The fourth-order valence-electron chi connectivity index (χ4n) is 2.17. The highest BCUT2D eigenvalue weighted by atomic mass is 79.9. The van der Waals surface area contributed by atoms with Crippen molar-refractivity contribution < 1.29 is 0 Å². The summed E-state index contributed by atoms with van der Waals surface area (Å²) >= 11 is 3.41. The maximum atomic E-state index is 4.15. The number of hydrogen-bond acceptors (Lipinski definition) is 3. The van der Waals surface area contributed by atoms with E-state index in [9.17, 15) is 0 Å². The molecule has 2 heterocycles. The van der Waals surface area contributed by atoms with Gasteiger partial charge in [0.15, 0.2) is 0 Å². The van der Waals surface area contributed by atoms with Crippen LogP contribution in [0.5, 0.6) is 0 Å². The molecule has 1 fully saturated rings. The van der Waals surface area contributed by atoms with Crippen molar-refractivity contribution in [1.29, 1.82) is 0 Å². The lowest BCUT2D eigenvalue weighted by atomic mass is 10.1. The first kappa shape index (κ1) is 14.9. The van der Waals surface area contributed by atoms with Gasteiger partial charge in [-0.05, 0) is 60.1 Å². The number of nitrogens with one attached hydrogen (secondary N) is 1. The van der Waals surface area contributed by atoms with Crippen molar-refractivity contribution >= 4 is 28.3 Å². The average Bonchev–Trinajstić information content (AvgIpc) is 2.30. The summed E-state index contributed by atoms with van der Waals surface area (Å²) in [6.45, 7) is 3.28. The highest BCUT2D eigenvalue weighted by Crippen LogP contribution is 2.14. The smallest absolute Gasteiger partial charge is 0.106 e. The van der Waals surface area contributed by atoms with Gasteiger partial charge in [-0.15, -0.1) is 12.4 Å². The Morgan fingerprint density at radius 2 is 2.41 bits per heavy atom. The van der Waals surface area contributed by atoms with E-state index in [0.717, 1.165) is 17.7 Å². The third kappa shape index (κ3) is 4.54. The summed E-state index contributed by atoms with van der Waals surface area (Å²) in [5.74, 6) is 0. The lowest BCUT2D eigenvalue weighted by molar-refractivity contribution is 0.196. The number of piperidine rings is 1. The molecule has 1 aromatic heterocycles. The molecular formula is C12H19BrClN3. The number of pyridine rings is 1. The van der Waals surface area contributed by atoms with Crippen LogP contribution in [0.3, 0.4) is 0 Å². The maximum Gasteiger partial charge on any atom is 0.106 e. The van der Waals surface area contributed by atoms with E-state index in [1.165, 1.54) is 24.9 Å². The lowest BCUT2D eigenvalue weighted by Crippen LogP contribution is -2.43. The molecule has 0 aliphatic carbocycles. The minimum atomic E-state index is 0. The number of nitrogens with zero attached hydrogens (tertiary/aromatic N) is 2. The zero-order valence-electron chi connectivity index (χ0n) is 10.0. The minimum Gasteiger partial charge on any atom is -0.315 e. The number of hydrogen-bond donors (Lipinski definition) is 1. The molecule has 1 aliphatic rings. The Bertz CT molecular complexity index is 342. The molecule has 1 unspecified atom stereocenters. The fourth-order valence-corrected chi connectivity index (χ4v) is 2.58. The first-order chi connectivity index (χ1) is 7.75. The van der Waals surface area contributed by atoms with E-state index in [-0.39, 0.29) is 12.4 Å². The first-order valence-electron chi connectivity index (χ1n) is 5.77. The predicted molar refractivity (Wildman–Crippen MR) is 76.5 cm³/mol. The number of aromatic nitrogens is 1. The molecule has 1 saturated heterocycles. The quantitative estimate of drug-likeness (QED) is 0.867. The molecule has 17 heavy (non-hydrogen) atoms. The summed E-state index contributed by atoms with van der Waals surface area (Å²) in [4.78, 5) is 6.57. The molecule has 1 atom stereocenters. The van der Waals surface area contributed by atoms with Crippen LogP contribution >= 0.6 is 28.3 Å². The summed E-state index contributed by atoms with van der Waals surface area (Å²) in [5.41, 5.74) is 1.31. The normalized spacial score (nSPS) is 20.1. The topological polar surface area (TPSA) is 28.2 Å². The van der Waals surface area contributed by atoms with Gasteiger partial charge in [0.05, 0.1) is 0 Å². The van der Waals surface area contributed by atoms with E-state index in [1.807, 2.05) is 6.20 Å². The van der Waals surface area contributed by atoms with Crippen molar-refractivity contribution in [2.75, 3.05) is 20.1 Å². The summed E-state index contributed by atoms with van der Waals surface area (Å²) in [7, 11) is 2.20. The fraction of sp³-hybridized carbons (Fsp3) is 0.583. The monoisotopic (exact) mass is 319 g/mol. The molecule has 1 N–H and O–H groups in total. The van der Waals surface area contributed by atoms with Crippen LogP contribution in [-0.2, 0) is 6.54 Å². The van der Waals surface area contributed by atoms with E-state index >= 15 is 0 Å². The van der Waals surface area contributed by atoms with Crippen LogP contribution in [0, 0.1) is 0 Å². The summed E-state index contributed by atoms with van der Waals surface area (Å²) in [6, 6.07) is 4.84. The largest absolute Gasteiger partial charge is 0.315 e. The molecule has 0 aromatic carbocycles. The van der Waals surface area contributed by atoms with E-state index in [2.05, 4.69) is 50.3 Å². The average molecular weight is 321 g/mol. The van der Waals surface area contributed by atoms with E-state index in [0.29, 0.717) is 6.04 Å². The van der Waals surface area contributed by atoms with Crippen LogP contribution in [-0.4, -0.2) is 36.1 Å². The molecule has 0 radical (unpaired) electrons. The van der Waals surface area contributed by atoms with Crippen LogP contribution in [0.25, 0.3) is 0 Å². The van der Waals surface area contributed by atoms with Crippen molar-refractivity contribution in [3.63, 3.8) is 0 Å². The van der Waals surface area contributed by atoms with Crippen molar-refractivity contribution in [3.8, 4) is 0 Å². The van der Waals surface area contributed by atoms with Crippen molar-refractivity contribution in [2.24, 2.45) is 0 Å². The SMILES string of the molecule is CN(Cc1ccnc(Br)c1)C1CCCNC1.Cl. The predicted octanol–water partition coefficient (Wildman–Crippen LogP) is 2.45. The van der Waals surface area contributed by atoms with Gasteiger partial charge in [-0.2, -0.15) is 0 Å². The molecule has 0 amide bonds. The van der Waals surface area contributed by atoms with Crippen LogP contribution in [0.15, 0.2) is 22.9 Å². The molecule has 1 aromatic rings. The highest BCUT2D eigenvalue weighted by Gasteiger charge is 2.17. The summed E-state index contributed by atoms with van der Waals surface area (Å²) in [6.07, 6.45) is 4.44. The summed E-state index contributed by atoms with van der Waals surface area (Å²) in [5, 5.41) is 3.45. The standard InChI is InChI=1S/C12H18BrN3.ClH/c1-16(11-3-2-5-14-8-11)9-10-4-6-15-12(13)7-10;/h4,6-7,11,14H,2-3,5,8-9H2,1H3;1H. The Kier molecular flexibility index (Phi) is 6.41. The highest BCUT2D eigenvalue weighted by molar-refractivity contribution is 9.10. The summed E-state index contributed by atoms with van der Waals surface area (Å²) < 4.78 is 0.917. The van der Waals surface area contributed by atoms with Gasteiger partial charge in [0, 0.05) is 25.3 Å². The van der Waals surface area contributed by atoms with Crippen LogP contribution in [0.4, 0.5) is 0 Å². The minimum absolute atomic E-state index is 0. The van der Waals surface area contributed by atoms with Gasteiger partial charge >= 0.3 is 0 Å². The van der Waals surface area contributed by atoms with Crippen molar-refractivity contribution in [1.82, 2.24) is 15.2 Å². The second-order valence-corrected chi connectivity index (χ2v) is 5.21. The zero-order chi connectivity index (χ0) is 11.4. The van der Waals surface area contributed by atoms with Gasteiger partial charge in [-0.3, -0.25) is 4.90 Å². The first-order valence-corrected chi connectivity index (χ1v) is 6.56. The third-order valence-electron chi connectivity index (χ3n) is 3.12. The third-order valence-corrected chi connectivity index (χ3v) is 3.55. The molecule has 1 aliphatic heterocycles. The van der Waals surface area contributed by atoms with Gasteiger partial charge < -0.3 is 5.32 Å². The van der Waals surface area contributed by atoms with Gasteiger partial charge in [0.25, 0.3) is 0 Å². The Morgan fingerprint density at radius 3 is 3.06 bits per heavy atom. The molecule has 0 bridgehead atoms. The van der Waals surface area contributed by atoms with Crippen LogP contribution in [0.1, 0.15) is 18.4 Å². The molecular weight excluding hydrogens is 302 g/mol. The number of halogens is 2. The number of rotatable bonds is 3. The van der Waals surface area contributed by atoms with Crippen LogP contribution < -0.4 is 5.32 Å². The molecule has 0 spiro atoms. The molecule has 3 nitrogen and oxygen atoms in total. The van der Waals surface area contributed by atoms with E-state index in [4.69, 9.17) is 0 Å². The van der Waals surface area contributed by atoms with E-state index < -0.39 is 0 Å².